The Hall–Kier alpha value is -4.53. The lowest BCUT2D eigenvalue weighted by molar-refractivity contribution is 0.480. The molecular weight excluding hydrogens is 503 g/mol. The average molecular weight is 519 g/mol. The van der Waals surface area contributed by atoms with E-state index in [9.17, 15) is 18.1 Å². The van der Waals surface area contributed by atoms with Crippen LogP contribution in [0.5, 0.6) is 11.5 Å². The van der Waals surface area contributed by atoms with Gasteiger partial charge in [-0.1, -0.05) is 12.1 Å². The standard InChI is InChI=1S/C25H15FN4O4S2/c26-21-4-2-1-3-19(21)22-12-20(16-7-9-33-15-16)24(14-29-22)34-23-6-5-18(11-17(23)13-27)36(31,32)30-25-28-8-10-35-25/h1-12,14-15H,(H,28,30). The van der Waals surface area contributed by atoms with Crippen LogP contribution < -0.4 is 9.46 Å². The Bertz CT molecular complexity index is 1680. The molecule has 2 aromatic carbocycles. The third-order valence-corrected chi connectivity index (χ3v) is 7.26. The Balaban J connectivity index is 1.52. The molecule has 0 aliphatic carbocycles. The van der Waals surface area contributed by atoms with Crippen molar-refractivity contribution in [3.8, 4) is 40.0 Å². The van der Waals surface area contributed by atoms with Crippen LogP contribution in [0.15, 0.2) is 94.2 Å². The molecule has 36 heavy (non-hydrogen) atoms. The summed E-state index contributed by atoms with van der Waals surface area (Å²) in [7, 11) is -3.96. The van der Waals surface area contributed by atoms with E-state index in [1.807, 2.05) is 6.07 Å². The predicted octanol–water partition coefficient (Wildman–Crippen LogP) is 6.07. The van der Waals surface area contributed by atoms with E-state index < -0.39 is 15.8 Å². The number of nitrogens with zero attached hydrogens (tertiary/aromatic N) is 3. The summed E-state index contributed by atoms with van der Waals surface area (Å²) in [5.41, 5.74) is 1.88. The van der Waals surface area contributed by atoms with Crippen LogP contribution in [0.25, 0.3) is 22.4 Å². The van der Waals surface area contributed by atoms with Gasteiger partial charge < -0.3 is 9.15 Å². The number of ether oxygens (including phenoxy) is 1. The lowest BCUT2D eigenvalue weighted by atomic mass is 10.0. The molecule has 8 nitrogen and oxygen atoms in total. The first-order chi connectivity index (χ1) is 17.4. The fourth-order valence-electron chi connectivity index (χ4n) is 3.40. The molecule has 0 spiro atoms. The second kappa shape index (κ2) is 9.61. The van der Waals surface area contributed by atoms with E-state index in [-0.39, 0.29) is 27.1 Å². The number of anilines is 1. The third kappa shape index (κ3) is 4.68. The number of thiazole rings is 1. The Labute approximate surface area is 209 Å². The predicted molar refractivity (Wildman–Crippen MR) is 131 cm³/mol. The number of hydrogen-bond donors (Lipinski definition) is 1. The minimum absolute atomic E-state index is 0.00617. The Morgan fingerprint density at radius 2 is 1.92 bits per heavy atom. The highest BCUT2D eigenvalue weighted by Gasteiger charge is 2.20. The van der Waals surface area contributed by atoms with Crippen molar-refractivity contribution in [2.75, 3.05) is 4.72 Å². The zero-order valence-corrected chi connectivity index (χ0v) is 19.9. The second-order valence-electron chi connectivity index (χ2n) is 7.37. The molecule has 5 rings (SSSR count). The van der Waals surface area contributed by atoms with Crippen molar-refractivity contribution in [2.45, 2.75) is 4.90 Å². The van der Waals surface area contributed by atoms with Gasteiger partial charge in [0.05, 0.1) is 34.9 Å². The van der Waals surface area contributed by atoms with Crippen LogP contribution in [0, 0.1) is 17.1 Å². The van der Waals surface area contributed by atoms with E-state index in [2.05, 4.69) is 14.7 Å². The summed E-state index contributed by atoms with van der Waals surface area (Å²) in [6, 6.07) is 15.5. The number of sulfonamides is 1. The molecule has 0 fully saturated rings. The molecule has 11 heteroatoms. The van der Waals surface area contributed by atoms with Crippen LogP contribution in [0.1, 0.15) is 5.56 Å². The maximum atomic E-state index is 14.4. The number of hydrogen-bond acceptors (Lipinski definition) is 8. The minimum atomic E-state index is -3.96. The summed E-state index contributed by atoms with van der Waals surface area (Å²) >= 11 is 1.13. The van der Waals surface area contributed by atoms with E-state index in [1.165, 1.54) is 49.2 Å². The molecule has 3 aromatic heterocycles. The van der Waals surface area contributed by atoms with Gasteiger partial charge in [-0.3, -0.25) is 9.71 Å². The van der Waals surface area contributed by atoms with Crippen LogP contribution >= 0.6 is 11.3 Å². The average Bonchev–Trinajstić information content (AvgIpc) is 3.59. The summed E-state index contributed by atoms with van der Waals surface area (Å²) in [5.74, 6) is -0.0351. The van der Waals surface area contributed by atoms with E-state index in [0.29, 0.717) is 22.4 Å². The molecule has 0 atom stereocenters. The molecule has 178 valence electrons. The molecule has 0 saturated carbocycles. The zero-order chi connectivity index (χ0) is 25.1. The van der Waals surface area contributed by atoms with E-state index in [1.54, 1.807) is 35.7 Å². The molecule has 0 unspecified atom stereocenters. The number of halogens is 1. The van der Waals surface area contributed by atoms with Crippen LogP contribution in [0.3, 0.4) is 0 Å². The summed E-state index contributed by atoms with van der Waals surface area (Å²) in [6.07, 6.45) is 5.87. The van der Waals surface area contributed by atoms with Gasteiger partial charge in [-0.2, -0.15) is 5.26 Å². The first-order valence-electron chi connectivity index (χ1n) is 10.4. The molecule has 1 N–H and O–H groups in total. The quantitative estimate of drug-likeness (QED) is 0.278. The highest BCUT2D eigenvalue weighted by Crippen LogP contribution is 2.37. The fourth-order valence-corrected chi connectivity index (χ4v) is 5.22. The van der Waals surface area contributed by atoms with Crippen LogP contribution in [-0.2, 0) is 10.0 Å². The molecule has 0 radical (unpaired) electrons. The Morgan fingerprint density at radius 1 is 1.06 bits per heavy atom. The van der Waals surface area contributed by atoms with Gasteiger partial charge in [-0.25, -0.2) is 17.8 Å². The molecule has 0 bridgehead atoms. The van der Waals surface area contributed by atoms with Crippen molar-refractivity contribution in [1.29, 1.82) is 5.26 Å². The molecule has 0 saturated heterocycles. The number of benzene rings is 2. The monoisotopic (exact) mass is 518 g/mol. The van der Waals surface area contributed by atoms with Crippen LogP contribution in [0.4, 0.5) is 9.52 Å². The second-order valence-corrected chi connectivity index (χ2v) is 9.95. The molecule has 0 amide bonds. The third-order valence-electron chi connectivity index (χ3n) is 5.11. The number of furan rings is 1. The maximum Gasteiger partial charge on any atom is 0.263 e. The highest BCUT2D eigenvalue weighted by atomic mass is 32.2. The van der Waals surface area contributed by atoms with Gasteiger partial charge >= 0.3 is 0 Å². The van der Waals surface area contributed by atoms with E-state index in [0.717, 1.165) is 11.3 Å². The van der Waals surface area contributed by atoms with Gasteiger partial charge in [0.15, 0.2) is 10.9 Å². The SMILES string of the molecule is N#Cc1cc(S(=O)(=O)Nc2nccs2)ccc1Oc1cnc(-c2ccccc2F)cc1-c1ccoc1. The summed E-state index contributed by atoms with van der Waals surface area (Å²) < 4.78 is 53.3. The number of rotatable bonds is 7. The van der Waals surface area contributed by atoms with Crippen molar-refractivity contribution >= 4 is 26.5 Å². The summed E-state index contributed by atoms with van der Waals surface area (Å²) in [6.45, 7) is 0. The zero-order valence-electron chi connectivity index (χ0n) is 18.3. The summed E-state index contributed by atoms with van der Waals surface area (Å²) in [5, 5.41) is 11.5. The molecule has 0 aliphatic rings. The number of aromatic nitrogens is 2. The number of pyridine rings is 1. The van der Waals surface area contributed by atoms with Crippen molar-refractivity contribution in [1.82, 2.24) is 9.97 Å². The van der Waals surface area contributed by atoms with E-state index >= 15 is 0 Å². The first kappa shape index (κ1) is 23.2. The molecular formula is C25H15FN4O4S2. The Kier molecular flexibility index (Phi) is 6.20. The topological polar surface area (TPSA) is 118 Å². The van der Waals surface area contributed by atoms with Crippen molar-refractivity contribution in [3.05, 3.63) is 96.3 Å². The molecule has 3 heterocycles. The van der Waals surface area contributed by atoms with Crippen LogP contribution in [-0.4, -0.2) is 18.4 Å². The van der Waals surface area contributed by atoms with Gasteiger partial charge in [-0.15, -0.1) is 11.3 Å². The van der Waals surface area contributed by atoms with E-state index in [4.69, 9.17) is 9.15 Å². The molecule has 0 aliphatic heterocycles. The maximum absolute atomic E-state index is 14.4. The summed E-state index contributed by atoms with van der Waals surface area (Å²) in [4.78, 5) is 8.13. The van der Waals surface area contributed by atoms with Crippen LogP contribution in [0.2, 0.25) is 0 Å². The number of nitriles is 1. The van der Waals surface area contributed by atoms with Gasteiger partial charge in [0.25, 0.3) is 10.0 Å². The van der Waals surface area contributed by atoms with Crippen molar-refractivity contribution < 1.29 is 22.0 Å². The smallest absolute Gasteiger partial charge is 0.263 e. The first-order valence-corrected chi connectivity index (χ1v) is 12.7. The lowest BCUT2D eigenvalue weighted by Crippen LogP contribution is -2.13. The minimum Gasteiger partial charge on any atom is -0.472 e. The number of nitrogens with one attached hydrogen (secondary N) is 1. The van der Waals surface area contributed by atoms with Gasteiger partial charge in [-0.05, 0) is 42.5 Å². The van der Waals surface area contributed by atoms with Gasteiger partial charge in [0.2, 0.25) is 0 Å². The highest BCUT2D eigenvalue weighted by molar-refractivity contribution is 7.93. The van der Waals surface area contributed by atoms with Crippen molar-refractivity contribution in [2.24, 2.45) is 0 Å². The Morgan fingerprint density at radius 3 is 2.64 bits per heavy atom. The fraction of sp³-hybridized carbons (Fsp3) is 0. The van der Waals surface area contributed by atoms with Gasteiger partial charge in [0, 0.05) is 28.3 Å². The van der Waals surface area contributed by atoms with Crippen molar-refractivity contribution in [3.63, 3.8) is 0 Å². The normalized spacial score (nSPS) is 11.1. The largest absolute Gasteiger partial charge is 0.472 e. The lowest BCUT2D eigenvalue weighted by Gasteiger charge is -2.14. The molecule has 5 aromatic rings. The van der Waals surface area contributed by atoms with Gasteiger partial charge in [0.1, 0.15) is 17.6 Å².